The number of anilines is 3. The number of benzene rings is 2. The fraction of sp³-hybridized carbons (Fsp3) is 0.500. The summed E-state index contributed by atoms with van der Waals surface area (Å²) in [5.41, 5.74) is 7.95. The maximum absolute atomic E-state index is 4.87. The largest absolute Gasteiger partial charge is 0.369 e. The summed E-state index contributed by atoms with van der Waals surface area (Å²) >= 11 is 0. The van der Waals surface area contributed by atoms with Crippen molar-refractivity contribution in [1.82, 2.24) is 4.90 Å². The van der Waals surface area contributed by atoms with Gasteiger partial charge in [-0.1, -0.05) is 32.0 Å². The average molecular weight is 420 g/mol. The van der Waals surface area contributed by atoms with Gasteiger partial charge in [0.05, 0.1) is 0 Å². The molecule has 0 saturated carbocycles. The Morgan fingerprint density at radius 1 is 0.968 bits per heavy atom. The second kappa shape index (κ2) is 9.73. The predicted molar refractivity (Wildman–Crippen MR) is 134 cm³/mol. The maximum Gasteiger partial charge on any atom is 0.196 e. The van der Waals surface area contributed by atoms with Crippen molar-refractivity contribution in [2.24, 2.45) is 4.99 Å². The van der Waals surface area contributed by atoms with Crippen LogP contribution in [0, 0.1) is 6.92 Å². The number of aliphatic imine (C=N–C) groups is 1. The molecule has 166 valence electrons. The van der Waals surface area contributed by atoms with E-state index in [1.165, 1.54) is 33.8 Å². The number of para-hydroxylation sites is 1. The van der Waals surface area contributed by atoms with E-state index in [0.717, 1.165) is 52.0 Å². The molecule has 2 aliphatic heterocycles. The quantitative estimate of drug-likeness (QED) is 0.745. The molecule has 0 radical (unpaired) electrons. The molecule has 2 aromatic rings. The van der Waals surface area contributed by atoms with Gasteiger partial charge in [-0.25, -0.2) is 0 Å². The molecule has 0 aromatic heterocycles. The van der Waals surface area contributed by atoms with Crippen LogP contribution in [0.5, 0.6) is 0 Å². The Morgan fingerprint density at radius 2 is 1.68 bits per heavy atom. The molecule has 5 heteroatoms. The van der Waals surface area contributed by atoms with E-state index in [0.29, 0.717) is 0 Å². The van der Waals surface area contributed by atoms with Crippen molar-refractivity contribution in [3.8, 4) is 0 Å². The van der Waals surface area contributed by atoms with Gasteiger partial charge in [-0.05, 0) is 61.7 Å². The zero-order chi connectivity index (χ0) is 21.8. The first-order valence-corrected chi connectivity index (χ1v) is 11.8. The number of nitrogens with one attached hydrogen (secondary N) is 1. The van der Waals surface area contributed by atoms with Crippen LogP contribution in [0.1, 0.15) is 37.0 Å². The second-order valence-corrected chi connectivity index (χ2v) is 8.75. The van der Waals surface area contributed by atoms with Gasteiger partial charge in [0, 0.05) is 62.4 Å². The number of aryl methyl sites for hydroxylation is 3. The summed E-state index contributed by atoms with van der Waals surface area (Å²) in [5.74, 6) is 0. The number of likely N-dealkylation sites (N-methyl/N-ethyl adjacent to an activating group) is 1. The van der Waals surface area contributed by atoms with E-state index >= 15 is 0 Å². The number of piperazine rings is 1. The molecule has 2 heterocycles. The third kappa shape index (κ3) is 4.72. The minimum atomic E-state index is -0.0695. The highest BCUT2D eigenvalue weighted by Crippen LogP contribution is 2.32. The van der Waals surface area contributed by atoms with Crippen LogP contribution < -0.4 is 15.1 Å². The van der Waals surface area contributed by atoms with E-state index in [2.05, 4.69) is 90.4 Å². The van der Waals surface area contributed by atoms with Gasteiger partial charge in [-0.15, -0.1) is 0 Å². The average Bonchev–Trinajstić information content (AvgIpc) is 2.80. The van der Waals surface area contributed by atoms with Gasteiger partial charge in [0.15, 0.2) is 6.29 Å². The van der Waals surface area contributed by atoms with Crippen LogP contribution >= 0.6 is 0 Å². The van der Waals surface area contributed by atoms with Crippen molar-refractivity contribution in [3.05, 3.63) is 53.1 Å². The standard InChI is InChI=1S/C26H37N5/c1-5-21-9-7-10-22(6-2)25(21)31-14-8-13-27-26(31)28-24-12-11-23(19-20(24)3)30-17-15-29(4)16-18-30/h7,9-13,19,26,28H,5-6,8,14-18H2,1-4H3. The van der Waals surface area contributed by atoms with Crippen LogP contribution in [0.2, 0.25) is 0 Å². The smallest absolute Gasteiger partial charge is 0.196 e. The highest BCUT2D eigenvalue weighted by atomic mass is 15.4. The lowest BCUT2D eigenvalue weighted by Gasteiger charge is -2.37. The van der Waals surface area contributed by atoms with Crippen molar-refractivity contribution < 1.29 is 0 Å². The summed E-state index contributed by atoms with van der Waals surface area (Å²) < 4.78 is 0. The van der Waals surface area contributed by atoms with Gasteiger partial charge < -0.3 is 20.0 Å². The Morgan fingerprint density at radius 3 is 2.32 bits per heavy atom. The lowest BCUT2D eigenvalue weighted by molar-refractivity contribution is 0.313. The molecule has 0 aliphatic carbocycles. The van der Waals surface area contributed by atoms with Crippen LogP contribution in [0.25, 0.3) is 0 Å². The highest BCUT2D eigenvalue weighted by Gasteiger charge is 2.24. The normalized spacial score (nSPS) is 19.7. The molecule has 1 atom stereocenters. The van der Waals surface area contributed by atoms with E-state index in [1.54, 1.807) is 0 Å². The molecule has 2 aromatic carbocycles. The Balaban J connectivity index is 1.57. The van der Waals surface area contributed by atoms with Crippen LogP contribution in [0.4, 0.5) is 17.1 Å². The van der Waals surface area contributed by atoms with Crippen molar-refractivity contribution in [2.45, 2.75) is 46.3 Å². The van der Waals surface area contributed by atoms with E-state index < -0.39 is 0 Å². The molecule has 0 bridgehead atoms. The van der Waals surface area contributed by atoms with E-state index in [4.69, 9.17) is 4.99 Å². The van der Waals surface area contributed by atoms with Crippen molar-refractivity contribution in [1.29, 1.82) is 0 Å². The first kappa shape index (κ1) is 21.7. The molecule has 0 spiro atoms. The van der Waals surface area contributed by atoms with Crippen molar-refractivity contribution in [2.75, 3.05) is 54.9 Å². The summed E-state index contributed by atoms with van der Waals surface area (Å²) in [6.45, 7) is 12.1. The fourth-order valence-corrected chi connectivity index (χ4v) is 4.72. The topological polar surface area (TPSA) is 34.1 Å². The summed E-state index contributed by atoms with van der Waals surface area (Å²) in [4.78, 5) is 12.2. The summed E-state index contributed by atoms with van der Waals surface area (Å²) in [7, 11) is 2.20. The van der Waals surface area contributed by atoms with E-state index in [1.807, 2.05) is 0 Å². The maximum atomic E-state index is 4.87. The van der Waals surface area contributed by atoms with Crippen LogP contribution in [-0.4, -0.2) is 57.2 Å². The van der Waals surface area contributed by atoms with Gasteiger partial charge in [0.25, 0.3) is 0 Å². The Labute approximate surface area is 187 Å². The van der Waals surface area contributed by atoms with E-state index in [-0.39, 0.29) is 6.29 Å². The molecule has 4 rings (SSSR count). The minimum Gasteiger partial charge on any atom is -0.369 e. The summed E-state index contributed by atoms with van der Waals surface area (Å²) in [6.07, 6.45) is 5.06. The monoisotopic (exact) mass is 419 g/mol. The van der Waals surface area contributed by atoms with Crippen LogP contribution in [-0.2, 0) is 12.8 Å². The first-order chi connectivity index (χ1) is 15.1. The van der Waals surface area contributed by atoms with Gasteiger partial charge >= 0.3 is 0 Å². The second-order valence-electron chi connectivity index (χ2n) is 8.75. The third-order valence-electron chi connectivity index (χ3n) is 6.66. The molecule has 31 heavy (non-hydrogen) atoms. The lowest BCUT2D eigenvalue weighted by atomic mass is 10.0. The molecule has 1 unspecified atom stereocenters. The Bertz CT molecular complexity index is 892. The summed E-state index contributed by atoms with van der Waals surface area (Å²) in [5, 5.41) is 3.74. The predicted octanol–water partition coefficient (Wildman–Crippen LogP) is 4.55. The van der Waals surface area contributed by atoms with Gasteiger partial charge in [0.1, 0.15) is 0 Å². The van der Waals surface area contributed by atoms with Crippen LogP contribution in [0.15, 0.2) is 41.4 Å². The molecule has 1 fully saturated rings. The zero-order valence-electron chi connectivity index (χ0n) is 19.6. The number of hydrogen-bond acceptors (Lipinski definition) is 5. The molecule has 2 aliphatic rings. The Hall–Kier alpha value is -2.53. The van der Waals surface area contributed by atoms with Gasteiger partial charge in [-0.3, -0.25) is 4.99 Å². The number of nitrogens with zero attached hydrogens (tertiary/aromatic N) is 4. The number of hydrogen-bond donors (Lipinski definition) is 1. The fourth-order valence-electron chi connectivity index (χ4n) is 4.72. The molecular weight excluding hydrogens is 382 g/mol. The molecule has 0 amide bonds. The van der Waals surface area contributed by atoms with Crippen LogP contribution in [0.3, 0.4) is 0 Å². The molecular formula is C26H37N5. The Kier molecular flexibility index (Phi) is 6.81. The molecule has 5 nitrogen and oxygen atoms in total. The zero-order valence-corrected chi connectivity index (χ0v) is 19.6. The van der Waals surface area contributed by atoms with Gasteiger partial charge in [0.2, 0.25) is 0 Å². The lowest BCUT2D eigenvalue weighted by Crippen LogP contribution is -2.44. The van der Waals surface area contributed by atoms with Crippen molar-refractivity contribution >= 4 is 23.3 Å². The van der Waals surface area contributed by atoms with Gasteiger partial charge in [-0.2, -0.15) is 0 Å². The van der Waals surface area contributed by atoms with E-state index in [9.17, 15) is 0 Å². The third-order valence-corrected chi connectivity index (χ3v) is 6.66. The molecule has 1 N–H and O–H groups in total. The summed E-state index contributed by atoms with van der Waals surface area (Å²) in [6, 6.07) is 13.5. The minimum absolute atomic E-state index is 0.0695. The number of rotatable bonds is 6. The SMILES string of the molecule is CCc1cccc(CC)c1N1CCC=NC1Nc1ccc(N2CCN(C)CC2)cc1C. The molecule has 1 saturated heterocycles. The highest BCUT2D eigenvalue weighted by molar-refractivity contribution is 5.69. The van der Waals surface area contributed by atoms with Crippen molar-refractivity contribution in [3.63, 3.8) is 0 Å². The first-order valence-electron chi connectivity index (χ1n) is 11.8.